The van der Waals surface area contributed by atoms with Gasteiger partial charge in [-0.25, -0.2) is 15.0 Å². The number of rotatable bonds is 11. The number of aliphatic carboxylic acids is 1. The van der Waals surface area contributed by atoms with Crippen molar-refractivity contribution in [2.24, 2.45) is 10.8 Å². The second-order valence-electron chi connectivity index (χ2n) is 7.40. The fraction of sp³-hybridized carbons (Fsp3) is 0.556. The van der Waals surface area contributed by atoms with Gasteiger partial charge in [0.15, 0.2) is 17.7 Å². The van der Waals surface area contributed by atoms with Crippen molar-refractivity contribution >= 4 is 33.8 Å². The summed E-state index contributed by atoms with van der Waals surface area (Å²) in [7, 11) is -0.417. The van der Waals surface area contributed by atoms with Crippen molar-refractivity contribution in [1.82, 2.24) is 19.5 Å². The average molecular weight is 481 g/mol. The van der Waals surface area contributed by atoms with E-state index in [-0.39, 0.29) is 18.8 Å². The lowest BCUT2D eigenvalue weighted by Gasteiger charge is -2.17. The molecule has 33 heavy (non-hydrogen) atoms. The number of nitrogens with zero attached hydrogens (tertiary/aromatic N) is 7. The van der Waals surface area contributed by atoms with Crippen LogP contribution in [-0.2, 0) is 20.4 Å². The Morgan fingerprint density at radius 1 is 1.36 bits per heavy atom. The molecule has 3 heterocycles. The van der Waals surface area contributed by atoms with Gasteiger partial charge in [-0.05, 0) is 22.5 Å². The van der Waals surface area contributed by atoms with Crippen LogP contribution < -0.4 is 11.5 Å². The van der Waals surface area contributed by atoms with Gasteiger partial charge < -0.3 is 31.5 Å². The quantitative estimate of drug-likeness (QED) is 0.0893. The maximum absolute atomic E-state index is 11.1. The van der Waals surface area contributed by atoms with Gasteiger partial charge in [-0.1, -0.05) is 11.2 Å². The van der Waals surface area contributed by atoms with Crippen LogP contribution in [0.3, 0.4) is 0 Å². The maximum atomic E-state index is 11.1. The Labute approximate surface area is 191 Å². The summed E-state index contributed by atoms with van der Waals surface area (Å²) in [6.07, 6.45) is 2.43. The summed E-state index contributed by atoms with van der Waals surface area (Å²) in [6, 6.07) is -0.998. The molecule has 2 aromatic heterocycles. The zero-order chi connectivity index (χ0) is 24.0. The van der Waals surface area contributed by atoms with Gasteiger partial charge in [0.05, 0.1) is 6.33 Å². The lowest BCUT2D eigenvalue weighted by molar-refractivity contribution is -0.138. The molecule has 3 rings (SSSR count). The first-order chi connectivity index (χ1) is 15.8. The summed E-state index contributed by atoms with van der Waals surface area (Å²) < 4.78 is 7.50. The first-order valence-electron chi connectivity index (χ1n) is 10.1. The Balaban J connectivity index is 1.72. The lowest BCUT2D eigenvalue weighted by Crippen LogP contribution is -2.38. The molecule has 0 bridgehead atoms. The molecule has 0 saturated carbocycles. The average Bonchev–Trinajstić information content (AvgIpc) is 3.34. The van der Waals surface area contributed by atoms with E-state index in [0.29, 0.717) is 28.4 Å². The van der Waals surface area contributed by atoms with Crippen LogP contribution in [0.1, 0.15) is 12.6 Å². The summed E-state index contributed by atoms with van der Waals surface area (Å²) in [4.78, 5) is 26.0. The van der Waals surface area contributed by atoms with Crippen molar-refractivity contribution in [3.8, 4) is 0 Å². The van der Waals surface area contributed by atoms with Crippen molar-refractivity contribution < 1.29 is 24.9 Å². The Morgan fingerprint density at radius 2 is 2.15 bits per heavy atom. The van der Waals surface area contributed by atoms with E-state index in [9.17, 15) is 15.0 Å². The molecule has 178 valence electrons. The summed E-state index contributed by atoms with van der Waals surface area (Å²) in [5.74, 6) is 0.518. The molecule has 1 aliphatic rings. The SMILES string of the molecule is [N-]=[N+]=NC/C=C/C[S+](CC[C@H](N)C(=O)O)C[C@H]1OC(n2cnc3c(N)ncnc32)[C@H](O)[C@@H]1O. The lowest BCUT2D eigenvalue weighted by atomic mass is 10.1. The Bertz CT molecular complexity index is 1040. The molecule has 7 N–H and O–H groups in total. The van der Waals surface area contributed by atoms with Crippen LogP contribution >= 0.6 is 0 Å². The van der Waals surface area contributed by atoms with Gasteiger partial charge in [0.1, 0.15) is 53.5 Å². The third-order valence-electron chi connectivity index (χ3n) is 5.18. The summed E-state index contributed by atoms with van der Waals surface area (Å²) in [5, 5.41) is 33.8. The Morgan fingerprint density at radius 3 is 2.88 bits per heavy atom. The van der Waals surface area contributed by atoms with E-state index in [2.05, 4.69) is 25.0 Å². The minimum atomic E-state index is -1.24. The molecule has 6 atom stereocenters. The zero-order valence-electron chi connectivity index (χ0n) is 17.6. The number of nitrogen functional groups attached to an aromatic ring is 1. The molecule has 14 nitrogen and oxygen atoms in total. The number of azide groups is 1. The predicted molar refractivity (Wildman–Crippen MR) is 121 cm³/mol. The molecule has 1 saturated heterocycles. The molecule has 2 unspecified atom stereocenters. The topological polar surface area (TPSA) is 231 Å². The monoisotopic (exact) mass is 480 g/mol. The second-order valence-corrected chi connectivity index (χ2v) is 9.70. The van der Waals surface area contributed by atoms with Crippen LogP contribution in [0.25, 0.3) is 21.6 Å². The van der Waals surface area contributed by atoms with Crippen molar-refractivity contribution in [3.63, 3.8) is 0 Å². The molecular weight excluding hydrogens is 454 g/mol. The predicted octanol–water partition coefficient (Wildman–Crippen LogP) is -0.685. The number of hydrogen-bond donors (Lipinski definition) is 5. The number of imidazole rings is 1. The van der Waals surface area contributed by atoms with E-state index in [1.54, 1.807) is 6.08 Å². The van der Waals surface area contributed by atoms with E-state index in [0.717, 1.165) is 0 Å². The molecule has 15 heteroatoms. The number of aliphatic hydroxyl groups excluding tert-OH is 2. The van der Waals surface area contributed by atoms with Crippen molar-refractivity contribution in [2.75, 3.05) is 29.5 Å². The summed E-state index contributed by atoms with van der Waals surface area (Å²) >= 11 is 0. The van der Waals surface area contributed by atoms with Crippen LogP contribution in [0, 0.1) is 0 Å². The maximum Gasteiger partial charge on any atom is 0.320 e. The summed E-state index contributed by atoms with van der Waals surface area (Å²) in [5.41, 5.74) is 20.6. The highest BCUT2D eigenvalue weighted by Crippen LogP contribution is 2.33. The Hall–Kier alpha value is -2.94. The molecule has 1 fully saturated rings. The molecule has 0 aliphatic carbocycles. The molecule has 0 amide bonds. The number of aliphatic hydroxyl groups is 2. The molecule has 2 aromatic rings. The smallest absolute Gasteiger partial charge is 0.320 e. The largest absolute Gasteiger partial charge is 0.480 e. The first kappa shape index (κ1) is 24.7. The van der Waals surface area contributed by atoms with Crippen LogP contribution in [0.2, 0.25) is 0 Å². The number of carboxylic acid groups (broad SMARTS) is 1. The number of aromatic nitrogens is 4. The van der Waals surface area contributed by atoms with Gasteiger partial charge in [0.25, 0.3) is 0 Å². The van der Waals surface area contributed by atoms with Crippen molar-refractivity contribution in [2.45, 2.75) is 37.0 Å². The number of hydrogen-bond acceptors (Lipinski definition) is 10. The van der Waals surface area contributed by atoms with Gasteiger partial charge in [0.2, 0.25) is 0 Å². The van der Waals surface area contributed by atoms with E-state index < -0.39 is 47.4 Å². The zero-order valence-corrected chi connectivity index (χ0v) is 18.4. The normalized spacial score (nSPS) is 24.7. The minimum Gasteiger partial charge on any atom is -0.480 e. The Kier molecular flexibility index (Phi) is 8.43. The molecular formula is C18H26N9O5S+. The number of anilines is 1. The molecule has 1 aliphatic heterocycles. The standard InChI is InChI=1S/C18H25N9O5S/c19-10(18(30)31)3-6-33(5-2-1-4-25-26-21)7-11-13(28)14(29)17(32-11)27-9-24-12-15(20)22-8-23-16(12)27/h1-2,8-11,13-14,17,28-29H,3-7,19H2,(H2-,20,22,23,30,31)/p+1/b2-1+/t10-,11+,13+,14+,17?,33?/m0/s1. The van der Waals surface area contributed by atoms with Gasteiger partial charge in [0, 0.05) is 17.9 Å². The number of carboxylic acids is 1. The van der Waals surface area contributed by atoms with E-state index in [4.69, 9.17) is 26.8 Å². The summed E-state index contributed by atoms with van der Waals surface area (Å²) in [6.45, 7) is 0.199. The van der Waals surface area contributed by atoms with E-state index in [1.165, 1.54) is 17.2 Å². The molecule has 0 aromatic carbocycles. The third kappa shape index (κ3) is 5.90. The van der Waals surface area contributed by atoms with Gasteiger partial charge in [-0.15, -0.1) is 0 Å². The number of ether oxygens (including phenoxy) is 1. The number of carbonyl (C=O) groups is 1. The third-order valence-corrected chi connectivity index (χ3v) is 7.46. The number of nitrogens with two attached hydrogens (primary N) is 2. The van der Waals surface area contributed by atoms with Gasteiger partial charge in [-0.2, -0.15) is 0 Å². The minimum absolute atomic E-state index is 0.187. The van der Waals surface area contributed by atoms with Gasteiger partial charge in [-0.3, -0.25) is 9.36 Å². The van der Waals surface area contributed by atoms with Crippen LogP contribution in [0.15, 0.2) is 29.9 Å². The van der Waals surface area contributed by atoms with Crippen LogP contribution in [-0.4, -0.2) is 89.0 Å². The van der Waals surface area contributed by atoms with Gasteiger partial charge >= 0.3 is 5.97 Å². The van der Waals surface area contributed by atoms with E-state index in [1.807, 2.05) is 6.08 Å². The second kappa shape index (κ2) is 11.3. The fourth-order valence-corrected chi connectivity index (χ4v) is 5.60. The highest BCUT2D eigenvalue weighted by Gasteiger charge is 2.47. The van der Waals surface area contributed by atoms with Crippen LogP contribution in [0.5, 0.6) is 0 Å². The fourth-order valence-electron chi connectivity index (χ4n) is 3.40. The first-order valence-corrected chi connectivity index (χ1v) is 11.8. The molecule has 0 spiro atoms. The van der Waals surface area contributed by atoms with Crippen molar-refractivity contribution in [1.29, 1.82) is 0 Å². The highest BCUT2D eigenvalue weighted by atomic mass is 32.2. The van der Waals surface area contributed by atoms with E-state index >= 15 is 0 Å². The van der Waals surface area contributed by atoms with Crippen LogP contribution in [0.4, 0.5) is 5.82 Å². The van der Waals surface area contributed by atoms with Crippen molar-refractivity contribution in [3.05, 3.63) is 35.2 Å². The molecule has 0 radical (unpaired) electrons. The highest BCUT2D eigenvalue weighted by molar-refractivity contribution is 7.97. The number of fused-ring (bicyclic) bond motifs is 1.